The third-order valence-corrected chi connectivity index (χ3v) is 3.54. The van der Waals surface area contributed by atoms with Gasteiger partial charge in [0.1, 0.15) is 0 Å². The maximum atomic E-state index is 12.0. The number of anilines is 2. The molecule has 0 atom stereocenters. The monoisotopic (exact) mass is 318 g/mol. The van der Waals surface area contributed by atoms with Crippen LogP contribution in [0.5, 0.6) is 0 Å². The van der Waals surface area contributed by atoms with Gasteiger partial charge in [-0.3, -0.25) is 4.79 Å². The molecule has 22 heavy (non-hydrogen) atoms. The van der Waals surface area contributed by atoms with Gasteiger partial charge < -0.3 is 10.2 Å². The van der Waals surface area contributed by atoms with Crippen LogP contribution in [0.1, 0.15) is 19.4 Å². The van der Waals surface area contributed by atoms with E-state index >= 15 is 0 Å². The van der Waals surface area contributed by atoms with E-state index in [2.05, 4.69) is 34.3 Å². The smallest absolute Gasteiger partial charge is 0.229 e. The van der Waals surface area contributed by atoms with Crippen molar-refractivity contribution in [1.82, 2.24) is 10.2 Å². The van der Waals surface area contributed by atoms with Crippen molar-refractivity contribution in [3.8, 4) is 0 Å². The van der Waals surface area contributed by atoms with Gasteiger partial charge in [0, 0.05) is 18.1 Å². The fourth-order valence-corrected chi connectivity index (χ4v) is 2.21. The van der Waals surface area contributed by atoms with Gasteiger partial charge in [-0.2, -0.15) is 0 Å². The van der Waals surface area contributed by atoms with Gasteiger partial charge in [0.25, 0.3) is 0 Å². The minimum absolute atomic E-state index is 0.132. The first-order valence-corrected chi connectivity index (χ1v) is 7.63. The second-order valence-electron chi connectivity index (χ2n) is 4.80. The first kappa shape index (κ1) is 16.2. The van der Waals surface area contributed by atoms with Crippen molar-refractivity contribution < 1.29 is 4.79 Å². The van der Waals surface area contributed by atoms with Crippen molar-refractivity contribution in [2.24, 2.45) is 0 Å². The normalized spacial score (nSPS) is 10.3. The lowest BCUT2D eigenvalue weighted by Gasteiger charge is -2.18. The van der Waals surface area contributed by atoms with Crippen LogP contribution in [0.2, 0.25) is 5.02 Å². The minimum Gasteiger partial charge on any atom is -0.356 e. The van der Waals surface area contributed by atoms with E-state index in [4.69, 9.17) is 11.6 Å². The van der Waals surface area contributed by atoms with Crippen LogP contribution in [-0.2, 0) is 11.2 Å². The summed E-state index contributed by atoms with van der Waals surface area (Å²) in [4.78, 5) is 14.1. The number of halogens is 1. The summed E-state index contributed by atoms with van der Waals surface area (Å²) in [6, 6.07) is 10.8. The molecule has 0 unspecified atom stereocenters. The van der Waals surface area contributed by atoms with Crippen molar-refractivity contribution in [3.63, 3.8) is 0 Å². The van der Waals surface area contributed by atoms with E-state index in [1.54, 1.807) is 18.2 Å². The first-order valence-electron chi connectivity index (χ1n) is 7.25. The molecule has 0 aliphatic carbocycles. The number of hydrogen-bond donors (Lipinski definition) is 1. The lowest BCUT2D eigenvalue weighted by Crippen LogP contribution is -2.23. The van der Waals surface area contributed by atoms with E-state index in [0.29, 0.717) is 10.8 Å². The molecule has 0 bridgehead atoms. The standard InChI is InChI=1S/C16H19ClN4O/c1-3-21(4-2)15-10-9-14(19-20-15)18-16(22)11-12-5-7-13(17)8-6-12/h5-10H,3-4,11H2,1-2H3,(H,18,19,22). The molecule has 0 radical (unpaired) electrons. The third kappa shape index (κ3) is 4.43. The van der Waals surface area contributed by atoms with Crippen LogP contribution in [0.25, 0.3) is 0 Å². The number of carbonyl (C=O) groups excluding carboxylic acids is 1. The molecule has 1 amide bonds. The molecule has 1 heterocycles. The molecule has 1 aromatic carbocycles. The Bertz CT molecular complexity index is 609. The molecule has 2 rings (SSSR count). The molecular formula is C16H19ClN4O. The lowest BCUT2D eigenvalue weighted by atomic mass is 10.1. The summed E-state index contributed by atoms with van der Waals surface area (Å²) < 4.78 is 0. The molecule has 5 nitrogen and oxygen atoms in total. The van der Waals surface area contributed by atoms with Crippen molar-refractivity contribution in [2.45, 2.75) is 20.3 Å². The maximum absolute atomic E-state index is 12.0. The van der Waals surface area contributed by atoms with E-state index in [1.807, 2.05) is 18.2 Å². The largest absolute Gasteiger partial charge is 0.356 e. The molecule has 0 saturated carbocycles. The molecule has 0 fully saturated rings. The second-order valence-corrected chi connectivity index (χ2v) is 5.24. The number of nitrogens with one attached hydrogen (secondary N) is 1. The third-order valence-electron chi connectivity index (χ3n) is 3.28. The predicted octanol–water partition coefficient (Wildman–Crippen LogP) is 3.16. The lowest BCUT2D eigenvalue weighted by molar-refractivity contribution is -0.115. The van der Waals surface area contributed by atoms with Gasteiger partial charge in [-0.05, 0) is 43.7 Å². The highest BCUT2D eigenvalue weighted by molar-refractivity contribution is 6.30. The summed E-state index contributed by atoms with van der Waals surface area (Å²) >= 11 is 5.82. The van der Waals surface area contributed by atoms with E-state index in [9.17, 15) is 4.79 Å². The zero-order valence-corrected chi connectivity index (χ0v) is 13.5. The molecule has 1 aromatic heterocycles. The average molecular weight is 319 g/mol. The van der Waals surface area contributed by atoms with Gasteiger partial charge in [0.15, 0.2) is 11.6 Å². The fraction of sp³-hybridized carbons (Fsp3) is 0.312. The Hall–Kier alpha value is -2.14. The van der Waals surface area contributed by atoms with Crippen LogP contribution in [-0.4, -0.2) is 29.2 Å². The van der Waals surface area contributed by atoms with E-state index < -0.39 is 0 Å². The maximum Gasteiger partial charge on any atom is 0.229 e. The highest BCUT2D eigenvalue weighted by Gasteiger charge is 2.07. The summed E-state index contributed by atoms with van der Waals surface area (Å²) in [6.07, 6.45) is 0.274. The van der Waals surface area contributed by atoms with Crippen LogP contribution < -0.4 is 10.2 Å². The summed E-state index contributed by atoms with van der Waals surface area (Å²) in [5.41, 5.74) is 0.898. The average Bonchev–Trinajstić information content (AvgIpc) is 2.52. The first-order chi connectivity index (χ1) is 10.6. The van der Waals surface area contributed by atoms with Gasteiger partial charge in [0.2, 0.25) is 5.91 Å². The van der Waals surface area contributed by atoms with Gasteiger partial charge in [-0.1, -0.05) is 23.7 Å². The quantitative estimate of drug-likeness (QED) is 0.889. The molecule has 0 aliphatic rings. The van der Waals surface area contributed by atoms with Crippen LogP contribution in [0, 0.1) is 0 Å². The Morgan fingerprint density at radius 3 is 2.32 bits per heavy atom. The highest BCUT2D eigenvalue weighted by Crippen LogP contribution is 2.13. The predicted molar refractivity (Wildman–Crippen MR) is 89.4 cm³/mol. The topological polar surface area (TPSA) is 58.1 Å². The zero-order valence-electron chi connectivity index (χ0n) is 12.7. The number of nitrogens with zero attached hydrogens (tertiary/aromatic N) is 3. The Labute approximate surface area is 135 Å². The number of amides is 1. The zero-order chi connectivity index (χ0) is 15.9. The van der Waals surface area contributed by atoms with Crippen LogP contribution >= 0.6 is 11.6 Å². The van der Waals surface area contributed by atoms with Crippen molar-refractivity contribution in [1.29, 1.82) is 0 Å². The van der Waals surface area contributed by atoms with Gasteiger partial charge >= 0.3 is 0 Å². The van der Waals surface area contributed by atoms with Crippen molar-refractivity contribution in [2.75, 3.05) is 23.3 Å². The molecule has 2 aromatic rings. The van der Waals surface area contributed by atoms with E-state index in [-0.39, 0.29) is 12.3 Å². The van der Waals surface area contributed by atoms with Gasteiger partial charge in [-0.25, -0.2) is 0 Å². The second kappa shape index (κ2) is 7.75. The molecule has 1 N–H and O–H groups in total. The van der Waals surface area contributed by atoms with Crippen LogP contribution in [0.3, 0.4) is 0 Å². The Morgan fingerprint density at radius 1 is 1.09 bits per heavy atom. The summed E-state index contributed by atoms with van der Waals surface area (Å²) in [5, 5.41) is 11.6. The Kier molecular flexibility index (Phi) is 5.72. The molecule has 6 heteroatoms. The highest BCUT2D eigenvalue weighted by atomic mass is 35.5. The Morgan fingerprint density at radius 2 is 1.77 bits per heavy atom. The number of benzene rings is 1. The van der Waals surface area contributed by atoms with Crippen LogP contribution in [0.4, 0.5) is 11.6 Å². The van der Waals surface area contributed by atoms with E-state index in [0.717, 1.165) is 24.5 Å². The van der Waals surface area contributed by atoms with Crippen molar-refractivity contribution in [3.05, 3.63) is 47.0 Å². The molecule has 0 aliphatic heterocycles. The number of hydrogen-bond acceptors (Lipinski definition) is 4. The summed E-state index contributed by atoms with van der Waals surface area (Å²) in [7, 11) is 0. The minimum atomic E-state index is -0.132. The SMILES string of the molecule is CCN(CC)c1ccc(NC(=O)Cc2ccc(Cl)cc2)nn1. The molecule has 116 valence electrons. The summed E-state index contributed by atoms with van der Waals surface area (Å²) in [5.74, 6) is 1.13. The molecule has 0 saturated heterocycles. The fourth-order valence-electron chi connectivity index (χ4n) is 2.08. The number of aromatic nitrogens is 2. The number of rotatable bonds is 6. The van der Waals surface area contributed by atoms with Crippen molar-refractivity contribution >= 4 is 29.1 Å². The summed E-state index contributed by atoms with van der Waals surface area (Å²) in [6.45, 7) is 5.86. The molecule has 0 spiro atoms. The van der Waals surface area contributed by atoms with Crippen LogP contribution in [0.15, 0.2) is 36.4 Å². The van der Waals surface area contributed by atoms with E-state index in [1.165, 1.54) is 0 Å². The van der Waals surface area contributed by atoms with Gasteiger partial charge in [0.05, 0.1) is 6.42 Å². The number of carbonyl (C=O) groups is 1. The van der Waals surface area contributed by atoms with Gasteiger partial charge in [-0.15, -0.1) is 10.2 Å². The Balaban J connectivity index is 1.95. The molecular weight excluding hydrogens is 300 g/mol.